The average Bonchev–Trinajstić information content (AvgIpc) is 2.83. The first kappa shape index (κ1) is 26.6. The zero-order valence-corrected chi connectivity index (χ0v) is 20.3. The van der Waals surface area contributed by atoms with E-state index >= 15 is 0 Å². The van der Waals surface area contributed by atoms with Crippen molar-refractivity contribution >= 4 is 46.7 Å². The Bertz CT molecular complexity index is 1280. The van der Waals surface area contributed by atoms with Crippen LogP contribution in [0.5, 0.6) is 0 Å². The lowest BCUT2D eigenvalue weighted by Gasteiger charge is -2.18. The number of benzene rings is 3. The van der Waals surface area contributed by atoms with Crippen molar-refractivity contribution in [1.29, 1.82) is 0 Å². The van der Waals surface area contributed by atoms with E-state index < -0.39 is 29.2 Å². The van der Waals surface area contributed by atoms with Gasteiger partial charge in [-0.05, 0) is 66.7 Å². The Hall–Kier alpha value is -4.99. The quantitative estimate of drug-likeness (QED) is 0.315. The molecule has 5 N–H and O–H groups in total. The summed E-state index contributed by atoms with van der Waals surface area (Å²) in [6.07, 6.45) is 0. The molecule has 0 unspecified atom stereocenters. The fraction of sp³-hybridized carbons (Fsp3) is 0.148. The van der Waals surface area contributed by atoms with Crippen LogP contribution in [0.25, 0.3) is 0 Å². The van der Waals surface area contributed by atoms with E-state index in [9.17, 15) is 24.0 Å². The van der Waals surface area contributed by atoms with Gasteiger partial charge in [0.1, 0.15) is 0 Å². The van der Waals surface area contributed by atoms with Crippen LogP contribution < -0.4 is 16.0 Å². The fourth-order valence-corrected chi connectivity index (χ4v) is 3.08. The summed E-state index contributed by atoms with van der Waals surface area (Å²) in [6.45, 7) is 5.15. The van der Waals surface area contributed by atoms with Gasteiger partial charge in [-0.25, -0.2) is 9.59 Å². The number of carbonyl (C=O) groups is 5. The molecule has 10 heteroatoms. The Morgan fingerprint density at radius 3 is 1.24 bits per heavy atom. The number of nitrogens with one attached hydrogen (secondary N) is 3. The summed E-state index contributed by atoms with van der Waals surface area (Å²) in [4.78, 5) is 60.6. The van der Waals surface area contributed by atoms with Crippen molar-refractivity contribution in [1.82, 2.24) is 0 Å². The molecule has 37 heavy (non-hydrogen) atoms. The topological polar surface area (TPSA) is 162 Å². The Morgan fingerprint density at radius 2 is 0.919 bits per heavy atom. The Morgan fingerprint density at radius 1 is 0.541 bits per heavy atom. The first-order chi connectivity index (χ1) is 17.3. The van der Waals surface area contributed by atoms with E-state index in [1.807, 2.05) is 0 Å². The lowest BCUT2D eigenvalue weighted by molar-refractivity contribution is -0.123. The van der Waals surface area contributed by atoms with E-state index in [1.165, 1.54) is 66.7 Å². The summed E-state index contributed by atoms with van der Waals surface area (Å²) in [6, 6.07) is 15.3. The number of amides is 3. The van der Waals surface area contributed by atoms with Gasteiger partial charge in [-0.1, -0.05) is 20.8 Å². The molecule has 10 nitrogen and oxygen atoms in total. The predicted molar refractivity (Wildman–Crippen MR) is 137 cm³/mol. The predicted octanol–water partition coefficient (Wildman–Crippen LogP) is 4.57. The van der Waals surface area contributed by atoms with Crippen LogP contribution in [0.4, 0.5) is 17.1 Å². The first-order valence-corrected chi connectivity index (χ1v) is 11.1. The molecule has 0 spiro atoms. The number of rotatable bonds is 7. The van der Waals surface area contributed by atoms with Crippen LogP contribution in [0.3, 0.4) is 0 Å². The maximum Gasteiger partial charge on any atom is 0.335 e. The number of anilines is 3. The molecule has 0 aliphatic rings. The van der Waals surface area contributed by atoms with Crippen LogP contribution in [0.1, 0.15) is 62.2 Å². The fourth-order valence-electron chi connectivity index (χ4n) is 3.08. The molecule has 190 valence electrons. The van der Waals surface area contributed by atoms with Crippen molar-refractivity contribution in [3.05, 3.63) is 89.0 Å². The van der Waals surface area contributed by atoms with E-state index in [4.69, 9.17) is 10.2 Å². The van der Waals surface area contributed by atoms with Gasteiger partial charge in [0, 0.05) is 33.6 Å². The second kappa shape index (κ2) is 10.7. The molecule has 3 aromatic rings. The summed E-state index contributed by atoms with van der Waals surface area (Å²) in [7, 11) is 0. The Labute approximate surface area is 212 Å². The standard InChI is InChI=1S/C27H25N3O7/c1-27(2,3)26(37)30-21-13-17(22(31)28-19-8-4-15(5-9-19)24(33)34)12-18(14-21)23(32)29-20-10-6-16(7-11-20)25(35)36/h4-14H,1-3H3,(H,28,31)(H,29,32)(H,30,37)(H,33,34)(H,35,36). The van der Waals surface area contributed by atoms with E-state index in [0.29, 0.717) is 11.4 Å². The van der Waals surface area contributed by atoms with Gasteiger partial charge < -0.3 is 26.2 Å². The molecular weight excluding hydrogens is 478 g/mol. The third kappa shape index (κ3) is 7.01. The molecule has 3 amide bonds. The largest absolute Gasteiger partial charge is 0.478 e. The molecule has 0 atom stereocenters. The minimum atomic E-state index is -1.10. The highest BCUT2D eigenvalue weighted by atomic mass is 16.4. The van der Waals surface area contributed by atoms with Gasteiger partial charge in [0.15, 0.2) is 0 Å². The lowest BCUT2D eigenvalue weighted by atomic mass is 9.95. The lowest BCUT2D eigenvalue weighted by Crippen LogP contribution is -2.28. The highest BCUT2D eigenvalue weighted by Crippen LogP contribution is 2.22. The van der Waals surface area contributed by atoms with Crippen LogP contribution in [-0.4, -0.2) is 39.9 Å². The normalized spacial score (nSPS) is 10.8. The molecule has 0 aliphatic carbocycles. The van der Waals surface area contributed by atoms with Crippen LogP contribution in [0, 0.1) is 5.41 Å². The monoisotopic (exact) mass is 503 g/mol. The van der Waals surface area contributed by atoms with Crippen molar-refractivity contribution in [3.63, 3.8) is 0 Å². The molecule has 0 saturated heterocycles. The zero-order chi connectivity index (χ0) is 27.3. The Balaban J connectivity index is 1.90. The van der Waals surface area contributed by atoms with Crippen molar-refractivity contribution in [2.75, 3.05) is 16.0 Å². The van der Waals surface area contributed by atoms with Crippen LogP contribution >= 0.6 is 0 Å². The highest BCUT2D eigenvalue weighted by Gasteiger charge is 2.22. The third-order valence-electron chi connectivity index (χ3n) is 5.18. The molecule has 0 aliphatic heterocycles. The molecule has 3 rings (SSSR count). The summed E-state index contributed by atoms with van der Waals surface area (Å²) >= 11 is 0. The molecule has 0 aromatic heterocycles. The SMILES string of the molecule is CC(C)(C)C(=O)Nc1cc(C(=O)Nc2ccc(C(=O)O)cc2)cc(C(=O)Nc2ccc(C(=O)O)cc2)c1. The molecule has 0 bridgehead atoms. The number of aromatic carboxylic acids is 2. The molecule has 0 heterocycles. The maximum absolute atomic E-state index is 13.0. The maximum atomic E-state index is 13.0. The average molecular weight is 504 g/mol. The molecular formula is C27H25N3O7. The van der Waals surface area contributed by atoms with Gasteiger partial charge in [0.25, 0.3) is 11.8 Å². The minimum absolute atomic E-state index is 0.0558. The first-order valence-electron chi connectivity index (χ1n) is 11.1. The smallest absolute Gasteiger partial charge is 0.335 e. The second-order valence-electron chi connectivity index (χ2n) is 9.18. The number of carboxylic acids is 2. The van der Waals surface area contributed by atoms with Crippen molar-refractivity contribution in [3.8, 4) is 0 Å². The van der Waals surface area contributed by atoms with Gasteiger partial charge in [-0.2, -0.15) is 0 Å². The van der Waals surface area contributed by atoms with Crippen molar-refractivity contribution in [2.45, 2.75) is 20.8 Å². The number of carboxylic acid groups (broad SMARTS) is 2. The summed E-state index contributed by atoms with van der Waals surface area (Å²) in [5.41, 5.74) is 0.409. The summed E-state index contributed by atoms with van der Waals surface area (Å²) in [5.74, 6) is -3.71. The molecule has 0 radical (unpaired) electrons. The summed E-state index contributed by atoms with van der Waals surface area (Å²) < 4.78 is 0. The van der Waals surface area contributed by atoms with Gasteiger partial charge >= 0.3 is 11.9 Å². The van der Waals surface area contributed by atoms with E-state index in [1.54, 1.807) is 20.8 Å². The third-order valence-corrected chi connectivity index (χ3v) is 5.18. The second-order valence-corrected chi connectivity index (χ2v) is 9.18. The van der Waals surface area contributed by atoms with Gasteiger partial charge in [-0.15, -0.1) is 0 Å². The van der Waals surface area contributed by atoms with Gasteiger partial charge in [-0.3, -0.25) is 14.4 Å². The van der Waals surface area contributed by atoms with Gasteiger partial charge in [0.05, 0.1) is 11.1 Å². The van der Waals surface area contributed by atoms with Gasteiger partial charge in [0.2, 0.25) is 5.91 Å². The van der Waals surface area contributed by atoms with Crippen molar-refractivity contribution < 1.29 is 34.2 Å². The van der Waals surface area contributed by atoms with Crippen LogP contribution in [-0.2, 0) is 4.79 Å². The van der Waals surface area contributed by atoms with Crippen LogP contribution in [0.15, 0.2) is 66.7 Å². The van der Waals surface area contributed by atoms with E-state index in [-0.39, 0.29) is 33.8 Å². The zero-order valence-electron chi connectivity index (χ0n) is 20.3. The minimum Gasteiger partial charge on any atom is -0.478 e. The molecule has 3 aromatic carbocycles. The summed E-state index contributed by atoms with van der Waals surface area (Å²) in [5, 5.41) is 26.1. The van der Waals surface area contributed by atoms with Crippen molar-refractivity contribution in [2.24, 2.45) is 5.41 Å². The van der Waals surface area contributed by atoms with Crippen LogP contribution in [0.2, 0.25) is 0 Å². The number of hydrogen-bond acceptors (Lipinski definition) is 5. The number of carbonyl (C=O) groups excluding carboxylic acids is 3. The molecule has 0 fully saturated rings. The van der Waals surface area contributed by atoms with E-state index in [0.717, 1.165) is 0 Å². The number of hydrogen-bond donors (Lipinski definition) is 5. The molecule has 0 saturated carbocycles. The highest BCUT2D eigenvalue weighted by molar-refractivity contribution is 6.10. The Kier molecular flexibility index (Phi) is 7.72. The van der Waals surface area contributed by atoms with E-state index in [2.05, 4.69) is 16.0 Å².